The predicted octanol–water partition coefficient (Wildman–Crippen LogP) is 2.89. The Labute approximate surface area is 147 Å². The summed E-state index contributed by atoms with van der Waals surface area (Å²) in [6, 6.07) is 12.1. The van der Waals surface area contributed by atoms with Gasteiger partial charge in [0.2, 0.25) is 0 Å². The molecular weight excluding hydrogens is 320 g/mol. The van der Waals surface area contributed by atoms with E-state index in [0.29, 0.717) is 17.2 Å². The molecule has 25 heavy (non-hydrogen) atoms. The molecule has 2 aromatic carbocycles. The first-order valence-corrected chi connectivity index (χ1v) is 7.56. The number of nitrogens with one attached hydrogen (secondary N) is 2. The van der Waals surface area contributed by atoms with E-state index in [1.54, 1.807) is 32.4 Å². The molecule has 0 unspecified atom stereocenters. The Bertz CT molecular complexity index is 776. The van der Waals surface area contributed by atoms with Crippen LogP contribution in [0.2, 0.25) is 0 Å². The monoisotopic (exact) mass is 340 g/mol. The van der Waals surface area contributed by atoms with Gasteiger partial charge in [-0.05, 0) is 36.4 Å². The summed E-state index contributed by atoms with van der Waals surface area (Å²) in [5, 5.41) is 5.38. The fourth-order valence-corrected chi connectivity index (χ4v) is 2.01. The summed E-state index contributed by atoms with van der Waals surface area (Å²) in [7, 11) is 4.70. The lowest BCUT2D eigenvalue weighted by Gasteiger charge is -2.11. The van der Waals surface area contributed by atoms with Gasteiger partial charge >= 0.3 is 6.03 Å². The molecule has 0 aliphatic rings. The van der Waals surface area contributed by atoms with Crippen LogP contribution in [0.5, 0.6) is 17.2 Å². The second-order valence-corrected chi connectivity index (χ2v) is 4.90. The molecule has 0 spiro atoms. The minimum atomic E-state index is -0.368. The SMILES string of the molecule is COc1ccc(C#CCNC(=O)Nc2ccc(OC)cc2OC)cc1. The van der Waals surface area contributed by atoms with E-state index in [2.05, 4.69) is 22.5 Å². The second kappa shape index (κ2) is 9.08. The quantitative estimate of drug-likeness (QED) is 0.821. The second-order valence-electron chi connectivity index (χ2n) is 4.90. The van der Waals surface area contributed by atoms with Gasteiger partial charge < -0.3 is 24.8 Å². The number of hydrogen-bond acceptors (Lipinski definition) is 4. The molecule has 0 aliphatic carbocycles. The van der Waals surface area contributed by atoms with Crippen molar-refractivity contribution in [2.24, 2.45) is 0 Å². The Kier molecular flexibility index (Phi) is 6.55. The molecule has 0 radical (unpaired) electrons. The van der Waals surface area contributed by atoms with Gasteiger partial charge in [-0.2, -0.15) is 0 Å². The molecule has 0 aromatic heterocycles. The van der Waals surface area contributed by atoms with Gasteiger partial charge in [0.1, 0.15) is 17.2 Å². The molecule has 0 saturated carbocycles. The summed E-state index contributed by atoms with van der Waals surface area (Å²) < 4.78 is 15.4. The summed E-state index contributed by atoms with van der Waals surface area (Å²) in [5.74, 6) is 7.79. The zero-order valence-corrected chi connectivity index (χ0v) is 14.4. The van der Waals surface area contributed by atoms with E-state index in [-0.39, 0.29) is 12.6 Å². The van der Waals surface area contributed by atoms with Gasteiger partial charge in [-0.25, -0.2) is 4.79 Å². The average molecular weight is 340 g/mol. The third kappa shape index (κ3) is 5.36. The number of ether oxygens (including phenoxy) is 3. The number of hydrogen-bond donors (Lipinski definition) is 2. The molecule has 0 saturated heterocycles. The van der Waals surface area contributed by atoms with Gasteiger partial charge in [-0.15, -0.1) is 0 Å². The van der Waals surface area contributed by atoms with Crippen LogP contribution in [0.3, 0.4) is 0 Å². The van der Waals surface area contributed by atoms with Crippen LogP contribution in [0, 0.1) is 11.8 Å². The summed E-state index contributed by atoms with van der Waals surface area (Å²) in [4.78, 5) is 11.9. The molecule has 0 atom stereocenters. The van der Waals surface area contributed by atoms with Crippen LogP contribution in [0.15, 0.2) is 42.5 Å². The first-order valence-electron chi connectivity index (χ1n) is 7.56. The van der Waals surface area contributed by atoms with E-state index in [0.717, 1.165) is 11.3 Å². The van der Waals surface area contributed by atoms with Gasteiger partial charge in [-0.3, -0.25) is 0 Å². The third-order valence-corrected chi connectivity index (χ3v) is 3.32. The van der Waals surface area contributed by atoms with E-state index in [1.165, 1.54) is 7.11 Å². The van der Waals surface area contributed by atoms with Crippen molar-refractivity contribution in [1.29, 1.82) is 0 Å². The lowest BCUT2D eigenvalue weighted by Crippen LogP contribution is -2.29. The molecule has 0 bridgehead atoms. The summed E-state index contributed by atoms with van der Waals surface area (Å²) in [6.07, 6.45) is 0. The van der Waals surface area contributed by atoms with Gasteiger partial charge in [0.05, 0.1) is 33.6 Å². The largest absolute Gasteiger partial charge is 0.497 e. The molecule has 2 aromatic rings. The van der Waals surface area contributed by atoms with Crippen molar-refractivity contribution >= 4 is 11.7 Å². The van der Waals surface area contributed by atoms with Crippen molar-refractivity contribution in [3.63, 3.8) is 0 Å². The topological polar surface area (TPSA) is 68.8 Å². The Balaban J connectivity index is 1.88. The van der Waals surface area contributed by atoms with Crippen molar-refractivity contribution in [2.45, 2.75) is 0 Å². The van der Waals surface area contributed by atoms with Crippen molar-refractivity contribution in [1.82, 2.24) is 5.32 Å². The fraction of sp³-hybridized carbons (Fsp3) is 0.211. The van der Waals surface area contributed by atoms with E-state index in [9.17, 15) is 4.79 Å². The van der Waals surface area contributed by atoms with Crippen LogP contribution in [0.4, 0.5) is 10.5 Å². The van der Waals surface area contributed by atoms with Crippen LogP contribution >= 0.6 is 0 Å². The minimum Gasteiger partial charge on any atom is -0.497 e. The molecule has 2 amide bonds. The smallest absolute Gasteiger partial charge is 0.320 e. The number of benzene rings is 2. The number of carbonyl (C=O) groups excluding carboxylic acids is 1. The molecule has 0 fully saturated rings. The fourth-order valence-electron chi connectivity index (χ4n) is 2.01. The normalized spacial score (nSPS) is 9.40. The van der Waals surface area contributed by atoms with Crippen molar-refractivity contribution in [2.75, 3.05) is 33.2 Å². The Hall–Kier alpha value is -3.33. The van der Waals surface area contributed by atoms with Crippen LogP contribution in [-0.2, 0) is 0 Å². The summed E-state index contributed by atoms with van der Waals surface area (Å²) >= 11 is 0. The lowest BCUT2D eigenvalue weighted by molar-refractivity contribution is 0.253. The van der Waals surface area contributed by atoms with E-state index in [1.807, 2.05) is 24.3 Å². The maximum Gasteiger partial charge on any atom is 0.320 e. The maximum atomic E-state index is 11.9. The van der Waals surface area contributed by atoms with E-state index in [4.69, 9.17) is 14.2 Å². The number of rotatable bonds is 5. The predicted molar refractivity (Wildman–Crippen MR) is 96.4 cm³/mol. The van der Waals surface area contributed by atoms with Crippen LogP contribution < -0.4 is 24.8 Å². The highest BCUT2D eigenvalue weighted by molar-refractivity contribution is 5.91. The first kappa shape index (κ1) is 18.0. The lowest BCUT2D eigenvalue weighted by atomic mass is 10.2. The van der Waals surface area contributed by atoms with Crippen molar-refractivity contribution in [3.05, 3.63) is 48.0 Å². The number of urea groups is 1. The standard InChI is InChI=1S/C19H20N2O4/c1-23-15-8-6-14(7-9-15)5-4-12-20-19(22)21-17-11-10-16(24-2)13-18(17)25-3/h6-11,13H,12H2,1-3H3,(H2,20,21,22). The number of methoxy groups -OCH3 is 3. The van der Waals surface area contributed by atoms with Crippen LogP contribution in [0.1, 0.15) is 5.56 Å². The van der Waals surface area contributed by atoms with E-state index < -0.39 is 0 Å². The highest BCUT2D eigenvalue weighted by Gasteiger charge is 2.07. The first-order chi connectivity index (χ1) is 12.2. The third-order valence-electron chi connectivity index (χ3n) is 3.32. The molecule has 6 heteroatoms. The summed E-state index contributed by atoms with van der Waals surface area (Å²) in [5.41, 5.74) is 1.39. The van der Waals surface area contributed by atoms with E-state index >= 15 is 0 Å². The summed E-state index contributed by atoms with van der Waals surface area (Å²) in [6.45, 7) is 0.219. The number of carbonyl (C=O) groups is 1. The molecule has 6 nitrogen and oxygen atoms in total. The van der Waals surface area contributed by atoms with Gasteiger partial charge in [0.25, 0.3) is 0 Å². The zero-order valence-electron chi connectivity index (χ0n) is 14.4. The van der Waals surface area contributed by atoms with Gasteiger partial charge in [0, 0.05) is 11.6 Å². The molecule has 130 valence electrons. The Morgan fingerprint density at radius 3 is 2.28 bits per heavy atom. The average Bonchev–Trinajstić information content (AvgIpc) is 2.66. The highest BCUT2D eigenvalue weighted by Crippen LogP contribution is 2.28. The van der Waals surface area contributed by atoms with Crippen LogP contribution in [-0.4, -0.2) is 33.9 Å². The molecule has 0 heterocycles. The van der Waals surface area contributed by atoms with Crippen molar-refractivity contribution in [3.8, 4) is 29.1 Å². The molecule has 0 aliphatic heterocycles. The highest BCUT2D eigenvalue weighted by atomic mass is 16.5. The van der Waals surface area contributed by atoms with Crippen molar-refractivity contribution < 1.29 is 19.0 Å². The Morgan fingerprint density at radius 2 is 1.64 bits per heavy atom. The molecular formula is C19H20N2O4. The maximum absolute atomic E-state index is 11.9. The number of amides is 2. The minimum absolute atomic E-state index is 0.219. The van der Waals surface area contributed by atoms with Gasteiger partial charge in [0.15, 0.2) is 0 Å². The zero-order chi connectivity index (χ0) is 18.1. The number of anilines is 1. The molecule has 2 N–H and O–H groups in total. The Morgan fingerprint density at radius 1 is 0.960 bits per heavy atom. The van der Waals surface area contributed by atoms with Gasteiger partial charge in [-0.1, -0.05) is 11.8 Å². The van der Waals surface area contributed by atoms with Crippen LogP contribution in [0.25, 0.3) is 0 Å². The molecule has 2 rings (SSSR count).